The van der Waals surface area contributed by atoms with Crippen molar-refractivity contribution in [2.75, 3.05) is 7.11 Å². The van der Waals surface area contributed by atoms with E-state index in [9.17, 15) is 4.79 Å². The zero-order valence-electron chi connectivity index (χ0n) is 26.5. The van der Waals surface area contributed by atoms with Crippen molar-refractivity contribution in [2.45, 2.75) is 38.3 Å². The van der Waals surface area contributed by atoms with Crippen LogP contribution >= 0.6 is 23.2 Å². The summed E-state index contributed by atoms with van der Waals surface area (Å²) in [6.45, 7) is 4.08. The second kappa shape index (κ2) is 17.2. The molecule has 0 heterocycles. The van der Waals surface area contributed by atoms with Crippen LogP contribution in [-0.2, 0) is 16.4 Å². The van der Waals surface area contributed by atoms with Gasteiger partial charge in [0.1, 0.15) is 40.8 Å². The molecule has 5 aromatic rings. The van der Waals surface area contributed by atoms with E-state index < -0.39 is 27.5 Å². The van der Waals surface area contributed by atoms with Crippen molar-refractivity contribution < 1.29 is 41.7 Å². The first-order chi connectivity index (χ1) is 22.7. The summed E-state index contributed by atoms with van der Waals surface area (Å²) in [5.74, 6) is 1.05. The van der Waals surface area contributed by atoms with E-state index in [4.69, 9.17) is 22.1 Å². The maximum absolute atomic E-state index is 14.3. The summed E-state index contributed by atoms with van der Waals surface area (Å²) in [5.41, 5.74) is 1.04. The van der Waals surface area contributed by atoms with Gasteiger partial charge in [0.2, 0.25) is 0 Å². The molecule has 5 aromatic carbocycles. The third kappa shape index (κ3) is 8.39. The summed E-state index contributed by atoms with van der Waals surface area (Å²) in [6, 6.07) is 46.1. The first-order valence-electron chi connectivity index (χ1n) is 15.2. The number of hydrogen-bond acceptors (Lipinski definition) is 6. The Morgan fingerprint density at radius 3 is 1.66 bits per heavy atom. The van der Waals surface area contributed by atoms with Crippen molar-refractivity contribution in [1.29, 1.82) is 0 Å². The quantitative estimate of drug-likeness (QED) is 0.105. The van der Waals surface area contributed by atoms with E-state index in [1.807, 2.05) is 50.2 Å². The Labute approximate surface area is 291 Å². The number of para-hydroxylation sites is 1. The zero-order valence-corrected chi connectivity index (χ0v) is 30.6. The van der Waals surface area contributed by atoms with Gasteiger partial charge in [0.05, 0.1) is 12.5 Å². The molecule has 0 fully saturated rings. The number of carbonyl (C=O) groups is 1. The lowest BCUT2D eigenvalue weighted by atomic mass is 9.75. The van der Waals surface area contributed by atoms with Gasteiger partial charge in [-0.05, 0) is 83.3 Å². The van der Waals surface area contributed by atoms with Crippen LogP contribution in [0.4, 0.5) is 0 Å². The van der Waals surface area contributed by atoms with Crippen LogP contribution < -0.4 is 33.8 Å². The third-order valence-corrected chi connectivity index (χ3v) is 13.5. The summed E-state index contributed by atoms with van der Waals surface area (Å²) in [5, 5.41) is 3.85. The number of ether oxygens (including phenoxy) is 2. The van der Waals surface area contributed by atoms with Gasteiger partial charge in [0.15, 0.2) is 0 Å². The van der Waals surface area contributed by atoms with Gasteiger partial charge in [0, 0.05) is 10.0 Å². The highest BCUT2D eigenvalue weighted by atomic mass is 80.0. The Kier molecular flexibility index (Phi) is 13.3. The molecule has 0 unspecified atom stereocenters. The number of halogens is 2. The molecule has 47 heavy (non-hydrogen) atoms. The highest BCUT2D eigenvalue weighted by Gasteiger charge is 2.47. The number of benzene rings is 5. The van der Waals surface area contributed by atoms with Crippen molar-refractivity contribution in [1.82, 2.24) is 0 Å². The molecule has 0 aliphatic carbocycles. The van der Waals surface area contributed by atoms with E-state index in [1.54, 1.807) is 7.11 Å². The van der Waals surface area contributed by atoms with E-state index in [0.717, 1.165) is 15.6 Å². The third-order valence-electron chi connectivity index (χ3n) is 8.46. The van der Waals surface area contributed by atoms with E-state index in [1.165, 1.54) is 15.9 Å². The van der Waals surface area contributed by atoms with Crippen LogP contribution in [0.2, 0.25) is 0 Å². The topological polar surface area (TPSA) is 102 Å². The molecule has 0 radical (unpaired) electrons. The molecule has 0 aliphatic heterocycles. The van der Waals surface area contributed by atoms with Crippen LogP contribution in [0.3, 0.4) is 0 Å². The van der Waals surface area contributed by atoms with E-state index in [2.05, 4.69) is 113 Å². The molecule has 5 rings (SSSR count). The SMILES string of the molecule is CCC(CC)(C(=O)Oc1ccccc1C[P+](c1ccccc1)(c1ccccc1)c1ccccc1)c1cc(OC)ccc1Br.[O-][Br+2]([O-])O. The van der Waals surface area contributed by atoms with Crippen LogP contribution in [0.5, 0.6) is 11.5 Å². The predicted molar refractivity (Wildman–Crippen MR) is 186 cm³/mol. The molecule has 0 aromatic heterocycles. The maximum atomic E-state index is 14.3. The average Bonchev–Trinajstić information content (AvgIpc) is 3.10. The second-order valence-electron chi connectivity index (χ2n) is 10.8. The predicted octanol–water partition coefficient (Wildman–Crippen LogP) is 5.68. The highest BCUT2D eigenvalue weighted by molar-refractivity contribution is 9.10. The van der Waals surface area contributed by atoms with Crippen molar-refractivity contribution in [3.63, 3.8) is 0 Å². The van der Waals surface area contributed by atoms with Crippen molar-refractivity contribution in [3.05, 3.63) is 149 Å². The minimum Gasteiger partial charge on any atom is -0.497 e. The minimum absolute atomic E-state index is 0.262. The molecule has 0 spiro atoms. The van der Waals surface area contributed by atoms with Crippen LogP contribution in [0.15, 0.2) is 138 Å². The first kappa shape index (κ1) is 36.5. The summed E-state index contributed by atoms with van der Waals surface area (Å²) in [7, 11) is -0.550. The lowest BCUT2D eigenvalue weighted by molar-refractivity contribution is -1.63. The molecule has 1 N–H and O–H groups in total. The maximum Gasteiger partial charge on any atom is 0.433 e. The standard InChI is InChI=1S/C38H37BrO3P.BrHO3/c1-4-38(5-2,34-27-30(41-3)25-26-35(34)39)37(40)42-36-24-16-15-17-29(36)28-43(31-18-9-6-10-19-31,32-20-11-7-12-21-32)33-22-13-8-14-23-33;2-1(3)4/h6-27H,4-5,28H2,1-3H3;2H/q+1;. The van der Waals surface area contributed by atoms with Gasteiger partial charge >= 0.3 is 20.8 Å². The molecular weight excluding hydrogens is 743 g/mol. The average molecular weight is 781 g/mol. The van der Waals surface area contributed by atoms with Crippen molar-refractivity contribution >= 4 is 45.1 Å². The first-order valence-corrected chi connectivity index (χ1v) is 19.9. The number of carbonyl (C=O) groups excluding carboxylic acids is 1. The van der Waals surface area contributed by atoms with Crippen LogP contribution in [0.25, 0.3) is 0 Å². The Balaban J connectivity index is 0.00000118. The number of hydrogen-bond donors (Lipinski definition) is 1. The Hall–Kier alpha value is -3.36. The summed E-state index contributed by atoms with van der Waals surface area (Å²) in [4.78, 5) is 14.3. The Morgan fingerprint density at radius 1 is 0.766 bits per heavy atom. The second-order valence-corrected chi connectivity index (χ2v) is 16.0. The van der Waals surface area contributed by atoms with Gasteiger partial charge in [0.25, 0.3) is 0 Å². The van der Waals surface area contributed by atoms with Crippen LogP contribution in [0, 0.1) is 14.8 Å². The number of rotatable bonds is 11. The number of methoxy groups -OCH3 is 1. The van der Waals surface area contributed by atoms with Crippen LogP contribution in [0.1, 0.15) is 37.8 Å². The molecular formula is C38H38Br2O6P+. The molecule has 0 saturated heterocycles. The molecule has 244 valence electrons. The van der Waals surface area contributed by atoms with E-state index in [0.29, 0.717) is 30.5 Å². The highest BCUT2D eigenvalue weighted by Crippen LogP contribution is 2.59. The molecule has 6 nitrogen and oxygen atoms in total. The van der Waals surface area contributed by atoms with E-state index in [-0.39, 0.29) is 5.97 Å². The zero-order chi connectivity index (χ0) is 33.9. The molecule has 0 bridgehead atoms. The van der Waals surface area contributed by atoms with Crippen molar-refractivity contribution in [2.24, 2.45) is 0 Å². The summed E-state index contributed by atoms with van der Waals surface area (Å²) >= 11 is 0.308. The summed E-state index contributed by atoms with van der Waals surface area (Å²) < 4.78 is 37.1. The van der Waals surface area contributed by atoms with Gasteiger partial charge in [-0.1, -0.05) is 103 Å². The molecule has 9 heteroatoms. The van der Waals surface area contributed by atoms with Gasteiger partial charge < -0.3 is 17.9 Å². The summed E-state index contributed by atoms with van der Waals surface area (Å²) in [6.07, 6.45) is 1.89. The normalized spacial score (nSPS) is 11.4. The minimum atomic E-state index is -3.40. The van der Waals surface area contributed by atoms with Crippen LogP contribution in [-0.4, -0.2) is 17.3 Å². The fourth-order valence-corrected chi connectivity index (χ4v) is 10.9. The number of esters is 1. The molecule has 0 atom stereocenters. The van der Waals surface area contributed by atoms with Gasteiger partial charge in [-0.25, -0.2) is 0 Å². The fourth-order valence-electron chi connectivity index (χ4n) is 5.98. The van der Waals surface area contributed by atoms with Crippen molar-refractivity contribution in [3.8, 4) is 11.5 Å². The Morgan fingerprint density at radius 2 is 1.21 bits per heavy atom. The van der Waals surface area contributed by atoms with E-state index >= 15 is 0 Å². The Bertz CT molecular complexity index is 1620. The molecule has 0 amide bonds. The van der Waals surface area contributed by atoms with Gasteiger partial charge in [-0.15, -0.1) is 0 Å². The van der Waals surface area contributed by atoms with Gasteiger partial charge in [-0.2, -0.15) is 0 Å². The molecule has 0 aliphatic rings. The monoisotopic (exact) mass is 779 g/mol. The molecule has 0 saturated carbocycles. The lowest BCUT2D eigenvalue weighted by Gasteiger charge is -2.32. The van der Waals surface area contributed by atoms with Gasteiger partial charge in [-0.3, -0.25) is 4.79 Å². The largest absolute Gasteiger partial charge is 0.497 e. The lowest BCUT2D eigenvalue weighted by Crippen LogP contribution is -2.39. The fraction of sp³-hybridized carbons (Fsp3) is 0.184. The smallest absolute Gasteiger partial charge is 0.433 e.